The Kier molecular flexibility index (Phi) is 5.53. The highest BCUT2D eigenvalue weighted by Gasteiger charge is 2.14. The fourth-order valence-corrected chi connectivity index (χ4v) is 3.91. The van der Waals surface area contributed by atoms with Crippen molar-refractivity contribution in [3.8, 4) is 28.5 Å². The molecule has 0 saturated heterocycles. The fraction of sp³-hybridized carbons (Fsp3) is 0.190. The minimum absolute atomic E-state index is 0.0510. The lowest BCUT2D eigenvalue weighted by Gasteiger charge is -2.18. The number of amides is 1. The van der Waals surface area contributed by atoms with Gasteiger partial charge in [0.25, 0.3) is 5.91 Å². The number of carbonyl (C=O) groups is 1. The Hall–Kier alpha value is -3.59. The third-order valence-electron chi connectivity index (χ3n) is 4.43. The van der Waals surface area contributed by atoms with Crippen molar-refractivity contribution in [1.82, 2.24) is 4.68 Å². The normalized spacial score (nSPS) is 13.7. The van der Waals surface area contributed by atoms with Crippen molar-refractivity contribution in [2.24, 2.45) is 15.8 Å². The molecule has 0 spiro atoms. The number of carbonyl (C=O) groups excluding carboxylic acids is 1. The number of hydrogen-bond donors (Lipinski definition) is 2. The van der Waals surface area contributed by atoms with Crippen LogP contribution in [0.2, 0.25) is 0 Å². The Labute approximate surface area is 176 Å². The zero-order valence-electron chi connectivity index (χ0n) is 16.2. The first kappa shape index (κ1) is 19.7. The van der Waals surface area contributed by atoms with E-state index >= 15 is 0 Å². The van der Waals surface area contributed by atoms with Crippen LogP contribution in [0.15, 0.2) is 51.9 Å². The Morgan fingerprint density at radius 2 is 2.03 bits per heavy atom. The van der Waals surface area contributed by atoms with E-state index in [2.05, 4.69) is 10.1 Å². The van der Waals surface area contributed by atoms with Crippen molar-refractivity contribution < 1.29 is 19.4 Å². The van der Waals surface area contributed by atoms with E-state index in [4.69, 9.17) is 15.2 Å². The lowest BCUT2D eigenvalue weighted by atomic mass is 10.1. The maximum atomic E-state index is 11.6. The number of nitrogens with zero attached hydrogens (tertiary/aromatic N) is 3. The molecule has 1 aromatic heterocycles. The summed E-state index contributed by atoms with van der Waals surface area (Å²) in [6, 6.07) is 10.3. The average molecular weight is 424 g/mol. The molecule has 0 bridgehead atoms. The van der Waals surface area contributed by atoms with Crippen molar-refractivity contribution in [3.63, 3.8) is 0 Å². The number of ether oxygens (including phenoxy) is 2. The maximum Gasteiger partial charge on any atom is 0.252 e. The molecule has 2 aromatic carbocycles. The Balaban J connectivity index is 1.76. The van der Waals surface area contributed by atoms with Crippen molar-refractivity contribution in [2.45, 2.75) is 6.92 Å². The molecule has 8 nitrogen and oxygen atoms in total. The fourth-order valence-electron chi connectivity index (χ4n) is 3.01. The van der Waals surface area contributed by atoms with Crippen LogP contribution in [-0.4, -0.2) is 41.7 Å². The van der Waals surface area contributed by atoms with Crippen molar-refractivity contribution in [2.75, 3.05) is 19.8 Å². The van der Waals surface area contributed by atoms with Gasteiger partial charge in [0.1, 0.15) is 19.0 Å². The molecule has 0 aliphatic carbocycles. The summed E-state index contributed by atoms with van der Waals surface area (Å²) in [5.74, 6) is 0.538. The Morgan fingerprint density at radius 3 is 2.80 bits per heavy atom. The second-order valence-electron chi connectivity index (χ2n) is 6.43. The largest absolute Gasteiger partial charge is 0.507 e. The number of phenols is 1. The lowest BCUT2D eigenvalue weighted by Crippen LogP contribution is -2.15. The highest BCUT2D eigenvalue weighted by Crippen LogP contribution is 2.30. The summed E-state index contributed by atoms with van der Waals surface area (Å²) in [5.41, 5.74) is 7.68. The molecule has 4 rings (SSSR count). The van der Waals surface area contributed by atoms with Crippen LogP contribution in [0.1, 0.15) is 22.8 Å². The molecule has 3 N–H and O–H groups in total. The van der Waals surface area contributed by atoms with Crippen molar-refractivity contribution >= 4 is 23.5 Å². The van der Waals surface area contributed by atoms with E-state index < -0.39 is 5.91 Å². The first-order chi connectivity index (χ1) is 14.6. The first-order valence-corrected chi connectivity index (χ1v) is 10.2. The smallest absolute Gasteiger partial charge is 0.252 e. The number of benzene rings is 2. The second-order valence-corrected chi connectivity index (χ2v) is 7.27. The molecule has 0 atom stereocenters. The molecule has 3 aromatic rings. The van der Waals surface area contributed by atoms with Gasteiger partial charge in [-0.1, -0.05) is 0 Å². The topological polar surface area (TPSA) is 111 Å². The summed E-state index contributed by atoms with van der Waals surface area (Å²) in [4.78, 5) is 16.8. The van der Waals surface area contributed by atoms with Crippen LogP contribution in [0.25, 0.3) is 11.3 Å². The molecule has 0 fully saturated rings. The second kappa shape index (κ2) is 8.42. The molecule has 0 unspecified atom stereocenters. The molecule has 1 amide bonds. The Bertz CT molecular complexity index is 1200. The standard InChI is InChI=1S/C21H20N4O4S/c1-2-23-21-25(24-11-13-3-6-18-19(9-13)29-8-7-28-18)16(12-30-21)14-4-5-17(26)15(10-14)20(22)27/h3-6,9-12,26H,2,7-8H2,1H3,(H2,22,27)/b23-21?,24-11-. The summed E-state index contributed by atoms with van der Waals surface area (Å²) in [7, 11) is 0. The molecule has 154 valence electrons. The van der Waals surface area contributed by atoms with Gasteiger partial charge >= 0.3 is 0 Å². The van der Waals surface area contributed by atoms with Gasteiger partial charge in [0.05, 0.1) is 17.5 Å². The van der Waals surface area contributed by atoms with E-state index in [0.717, 1.165) is 11.3 Å². The van der Waals surface area contributed by atoms with Gasteiger partial charge in [-0.25, -0.2) is 4.68 Å². The zero-order valence-corrected chi connectivity index (χ0v) is 17.1. The number of thiazole rings is 1. The SMILES string of the molecule is CCN=c1scc(-c2ccc(O)c(C(N)=O)c2)n1/N=C\c1ccc2c(c1)OCCO2. The number of primary amides is 1. The van der Waals surface area contributed by atoms with Crippen LogP contribution in [-0.2, 0) is 0 Å². The number of aromatic nitrogens is 1. The monoisotopic (exact) mass is 424 g/mol. The quantitative estimate of drug-likeness (QED) is 0.613. The number of aromatic hydroxyl groups is 1. The van der Waals surface area contributed by atoms with Crippen molar-refractivity contribution in [3.05, 3.63) is 57.7 Å². The maximum absolute atomic E-state index is 11.6. The summed E-state index contributed by atoms with van der Waals surface area (Å²) in [6.45, 7) is 3.59. The van der Waals surface area contributed by atoms with E-state index in [9.17, 15) is 9.90 Å². The average Bonchev–Trinajstić information content (AvgIpc) is 3.15. The zero-order chi connectivity index (χ0) is 21.1. The van der Waals surface area contributed by atoms with Crippen LogP contribution >= 0.6 is 11.3 Å². The molecular formula is C21H20N4O4S. The summed E-state index contributed by atoms with van der Waals surface area (Å²) in [6.07, 6.45) is 1.71. The van der Waals surface area contributed by atoms with E-state index in [0.29, 0.717) is 41.6 Å². The molecule has 0 saturated carbocycles. The predicted octanol–water partition coefficient (Wildman–Crippen LogP) is 2.60. The Morgan fingerprint density at radius 1 is 1.23 bits per heavy atom. The molecule has 30 heavy (non-hydrogen) atoms. The molecule has 2 heterocycles. The highest BCUT2D eigenvalue weighted by atomic mass is 32.1. The van der Waals surface area contributed by atoms with Crippen LogP contribution in [0.3, 0.4) is 0 Å². The van der Waals surface area contributed by atoms with Gasteiger partial charge in [-0.2, -0.15) is 5.10 Å². The molecule has 0 radical (unpaired) electrons. The molecule has 9 heteroatoms. The number of nitrogens with two attached hydrogens (primary N) is 1. The molecule has 1 aliphatic heterocycles. The van der Waals surface area contributed by atoms with Gasteiger partial charge in [0, 0.05) is 17.5 Å². The highest BCUT2D eigenvalue weighted by molar-refractivity contribution is 7.07. The molecule has 1 aliphatic rings. The van der Waals surface area contributed by atoms with Crippen LogP contribution in [0, 0.1) is 0 Å². The summed E-state index contributed by atoms with van der Waals surface area (Å²) < 4.78 is 12.9. The van der Waals surface area contributed by atoms with Gasteiger partial charge in [-0.05, 0) is 48.9 Å². The van der Waals surface area contributed by atoms with Gasteiger partial charge in [0.2, 0.25) is 4.80 Å². The van der Waals surface area contributed by atoms with Crippen LogP contribution in [0.5, 0.6) is 17.2 Å². The predicted molar refractivity (Wildman–Crippen MR) is 114 cm³/mol. The van der Waals surface area contributed by atoms with Gasteiger partial charge in [-0.15, -0.1) is 11.3 Å². The third-order valence-corrected chi connectivity index (χ3v) is 5.28. The van der Waals surface area contributed by atoms with Crippen LogP contribution < -0.4 is 20.0 Å². The van der Waals surface area contributed by atoms with Crippen molar-refractivity contribution in [1.29, 1.82) is 0 Å². The summed E-state index contributed by atoms with van der Waals surface area (Å²) >= 11 is 1.43. The van der Waals surface area contributed by atoms with Crippen LogP contribution in [0.4, 0.5) is 0 Å². The summed E-state index contributed by atoms with van der Waals surface area (Å²) in [5, 5.41) is 16.4. The number of rotatable bonds is 5. The first-order valence-electron chi connectivity index (χ1n) is 9.35. The third kappa shape index (κ3) is 3.92. The molecular weight excluding hydrogens is 404 g/mol. The van der Waals surface area contributed by atoms with Gasteiger partial charge in [0.15, 0.2) is 11.5 Å². The van der Waals surface area contributed by atoms with E-state index in [1.165, 1.54) is 17.4 Å². The number of hydrogen-bond acceptors (Lipinski definition) is 7. The van der Waals surface area contributed by atoms with E-state index in [1.54, 1.807) is 23.0 Å². The lowest BCUT2D eigenvalue weighted by molar-refractivity contribution is 0.0998. The van der Waals surface area contributed by atoms with E-state index in [1.807, 2.05) is 30.5 Å². The van der Waals surface area contributed by atoms with Gasteiger partial charge in [-0.3, -0.25) is 9.79 Å². The minimum atomic E-state index is -0.700. The number of fused-ring (bicyclic) bond motifs is 1. The minimum Gasteiger partial charge on any atom is -0.507 e. The van der Waals surface area contributed by atoms with Gasteiger partial charge < -0.3 is 20.3 Å². The van der Waals surface area contributed by atoms with E-state index in [-0.39, 0.29) is 11.3 Å².